The summed E-state index contributed by atoms with van der Waals surface area (Å²) in [5.74, 6) is 6.03. The first-order valence-electron chi connectivity index (χ1n) is 5.30. The topological polar surface area (TPSA) is 20.2 Å². The Morgan fingerprint density at radius 1 is 0.867 bits per heavy atom. The second kappa shape index (κ2) is 5.56. The quantitative estimate of drug-likeness (QED) is 0.549. The molecule has 0 aromatic rings. The molecule has 15 heavy (non-hydrogen) atoms. The molecule has 0 heterocycles. The Morgan fingerprint density at radius 2 is 1.20 bits per heavy atom. The fourth-order valence-corrected chi connectivity index (χ4v) is 1.95. The molecular formula is C12H22OSi2. The van der Waals surface area contributed by atoms with Gasteiger partial charge in [-0.1, -0.05) is 51.1 Å². The van der Waals surface area contributed by atoms with Crippen molar-refractivity contribution < 1.29 is 5.11 Å². The second-order valence-corrected chi connectivity index (χ2v) is 15.3. The van der Waals surface area contributed by atoms with Crippen LogP contribution >= 0.6 is 0 Å². The monoisotopic (exact) mass is 238 g/mol. The van der Waals surface area contributed by atoms with Crippen LogP contribution in [0, 0.1) is 28.8 Å². The molecule has 0 bridgehead atoms. The fourth-order valence-electron chi connectivity index (χ4n) is 0.735. The SMILES string of the molecule is C[Si](C)(C)C#CC(C#C[Si](C)(C)C)CO. The molecule has 0 aromatic carbocycles. The Morgan fingerprint density at radius 3 is 1.40 bits per heavy atom. The average molecular weight is 238 g/mol. The van der Waals surface area contributed by atoms with E-state index in [1.165, 1.54) is 0 Å². The molecule has 0 aliphatic heterocycles. The van der Waals surface area contributed by atoms with Crippen LogP contribution in [0.4, 0.5) is 0 Å². The maximum atomic E-state index is 9.15. The van der Waals surface area contributed by atoms with Gasteiger partial charge in [0, 0.05) is 0 Å². The van der Waals surface area contributed by atoms with Crippen LogP contribution in [0.3, 0.4) is 0 Å². The summed E-state index contributed by atoms with van der Waals surface area (Å²) in [5.41, 5.74) is 6.50. The third kappa shape index (κ3) is 9.81. The van der Waals surface area contributed by atoms with Crippen LogP contribution in [0.15, 0.2) is 0 Å². The molecule has 0 rings (SSSR count). The summed E-state index contributed by atoms with van der Waals surface area (Å²) in [6.45, 7) is 13.2. The van der Waals surface area contributed by atoms with E-state index in [1.807, 2.05) is 0 Å². The lowest BCUT2D eigenvalue weighted by molar-refractivity contribution is 0.281. The largest absolute Gasteiger partial charge is 0.394 e. The lowest BCUT2D eigenvalue weighted by Crippen LogP contribution is -2.18. The molecule has 1 nitrogen and oxygen atoms in total. The van der Waals surface area contributed by atoms with E-state index in [4.69, 9.17) is 5.11 Å². The molecule has 0 aliphatic carbocycles. The minimum Gasteiger partial charge on any atom is -0.394 e. The smallest absolute Gasteiger partial charge is 0.129 e. The van der Waals surface area contributed by atoms with Crippen molar-refractivity contribution in [1.82, 2.24) is 0 Å². The van der Waals surface area contributed by atoms with Crippen molar-refractivity contribution in [3.8, 4) is 22.9 Å². The van der Waals surface area contributed by atoms with Gasteiger partial charge in [0.15, 0.2) is 0 Å². The average Bonchev–Trinajstić information content (AvgIpc) is 2.00. The van der Waals surface area contributed by atoms with E-state index in [9.17, 15) is 0 Å². The van der Waals surface area contributed by atoms with Crippen molar-refractivity contribution >= 4 is 16.1 Å². The Balaban J connectivity index is 4.63. The number of hydrogen-bond donors (Lipinski definition) is 1. The third-order valence-corrected chi connectivity index (χ3v) is 3.21. The molecular weight excluding hydrogens is 216 g/mol. The summed E-state index contributed by atoms with van der Waals surface area (Å²) in [4.78, 5) is 0. The molecule has 0 unspecified atom stereocenters. The minimum atomic E-state index is -1.34. The van der Waals surface area contributed by atoms with E-state index in [-0.39, 0.29) is 12.5 Å². The van der Waals surface area contributed by atoms with E-state index in [1.54, 1.807) is 0 Å². The van der Waals surface area contributed by atoms with Crippen molar-refractivity contribution in [1.29, 1.82) is 0 Å². The van der Waals surface area contributed by atoms with Crippen molar-refractivity contribution in [3.63, 3.8) is 0 Å². The lowest BCUT2D eigenvalue weighted by Gasteiger charge is -2.06. The fraction of sp³-hybridized carbons (Fsp3) is 0.667. The highest BCUT2D eigenvalue weighted by Crippen LogP contribution is 2.01. The van der Waals surface area contributed by atoms with E-state index >= 15 is 0 Å². The Hall–Kier alpha value is -0.486. The van der Waals surface area contributed by atoms with Crippen LogP contribution in [-0.4, -0.2) is 27.9 Å². The highest BCUT2D eigenvalue weighted by atomic mass is 28.3. The van der Waals surface area contributed by atoms with Crippen LogP contribution in [0.2, 0.25) is 39.3 Å². The Kier molecular flexibility index (Phi) is 5.38. The number of rotatable bonds is 1. The van der Waals surface area contributed by atoms with Crippen LogP contribution in [0.1, 0.15) is 0 Å². The Labute approximate surface area is 96.3 Å². The second-order valence-electron chi connectivity index (χ2n) is 5.77. The first kappa shape index (κ1) is 14.5. The summed E-state index contributed by atoms with van der Waals surface area (Å²) in [7, 11) is -2.68. The van der Waals surface area contributed by atoms with Gasteiger partial charge in [0.05, 0.1) is 6.61 Å². The molecule has 0 saturated heterocycles. The first-order valence-corrected chi connectivity index (χ1v) is 12.3. The molecule has 0 fully saturated rings. The van der Waals surface area contributed by atoms with Crippen LogP contribution < -0.4 is 0 Å². The minimum absolute atomic E-state index is 0.0506. The summed E-state index contributed by atoms with van der Waals surface area (Å²) in [6.07, 6.45) is 0. The molecule has 1 N–H and O–H groups in total. The first-order chi connectivity index (χ1) is 6.64. The van der Waals surface area contributed by atoms with Gasteiger partial charge in [0.1, 0.15) is 22.1 Å². The van der Waals surface area contributed by atoms with Gasteiger partial charge < -0.3 is 5.11 Å². The predicted octanol–water partition coefficient (Wildman–Crippen LogP) is 2.36. The van der Waals surface area contributed by atoms with E-state index in [2.05, 4.69) is 62.2 Å². The summed E-state index contributed by atoms with van der Waals surface area (Å²) in [6, 6.07) is 0. The van der Waals surface area contributed by atoms with Gasteiger partial charge in [-0.2, -0.15) is 0 Å². The van der Waals surface area contributed by atoms with Gasteiger partial charge in [-0.3, -0.25) is 0 Å². The van der Waals surface area contributed by atoms with Crippen LogP contribution in [0.25, 0.3) is 0 Å². The zero-order valence-corrected chi connectivity index (χ0v) is 12.7. The molecule has 0 spiro atoms. The van der Waals surface area contributed by atoms with E-state index in [0.29, 0.717) is 0 Å². The maximum absolute atomic E-state index is 9.15. The van der Waals surface area contributed by atoms with Gasteiger partial charge >= 0.3 is 0 Å². The van der Waals surface area contributed by atoms with Gasteiger partial charge in [-0.25, -0.2) is 0 Å². The number of aliphatic hydroxyl groups is 1. The van der Waals surface area contributed by atoms with Crippen molar-refractivity contribution in [3.05, 3.63) is 0 Å². The molecule has 0 aliphatic rings. The van der Waals surface area contributed by atoms with Crippen molar-refractivity contribution in [2.75, 3.05) is 6.61 Å². The van der Waals surface area contributed by atoms with Crippen LogP contribution in [0.5, 0.6) is 0 Å². The van der Waals surface area contributed by atoms with Gasteiger partial charge in [-0.15, -0.1) is 11.1 Å². The maximum Gasteiger partial charge on any atom is 0.129 e. The van der Waals surface area contributed by atoms with Crippen LogP contribution in [-0.2, 0) is 0 Å². The van der Waals surface area contributed by atoms with E-state index < -0.39 is 16.1 Å². The normalized spacial score (nSPS) is 11.5. The molecule has 0 atom stereocenters. The Bertz CT molecular complexity index is 280. The summed E-state index contributed by atoms with van der Waals surface area (Å²) >= 11 is 0. The van der Waals surface area contributed by atoms with E-state index in [0.717, 1.165) is 0 Å². The zero-order valence-electron chi connectivity index (χ0n) is 10.7. The third-order valence-electron chi connectivity index (χ3n) is 1.43. The van der Waals surface area contributed by atoms with Crippen molar-refractivity contribution in [2.24, 2.45) is 5.92 Å². The molecule has 0 amide bonds. The number of aliphatic hydroxyl groups excluding tert-OH is 1. The van der Waals surface area contributed by atoms with Gasteiger partial charge in [0.2, 0.25) is 0 Å². The summed E-state index contributed by atoms with van der Waals surface area (Å²) in [5, 5.41) is 9.15. The van der Waals surface area contributed by atoms with Crippen molar-refractivity contribution in [2.45, 2.75) is 39.3 Å². The zero-order chi connectivity index (χ0) is 12.1. The highest BCUT2D eigenvalue weighted by molar-refractivity contribution is 6.84. The highest BCUT2D eigenvalue weighted by Gasteiger charge is 2.10. The van der Waals surface area contributed by atoms with Gasteiger partial charge in [-0.05, 0) is 0 Å². The molecule has 3 heteroatoms. The number of hydrogen-bond acceptors (Lipinski definition) is 1. The summed E-state index contributed by atoms with van der Waals surface area (Å²) < 4.78 is 0. The molecule has 0 radical (unpaired) electrons. The van der Waals surface area contributed by atoms with Gasteiger partial charge in [0.25, 0.3) is 0 Å². The standard InChI is InChI=1S/C12H22OSi2/c1-14(2,3)9-7-12(11-13)8-10-15(4,5)6/h12-13H,11H2,1-6H3. The molecule has 0 saturated carbocycles. The molecule has 0 aromatic heterocycles. The lowest BCUT2D eigenvalue weighted by atomic mass is 10.2. The molecule has 84 valence electrons. The predicted molar refractivity (Wildman–Crippen MR) is 72.8 cm³/mol.